The van der Waals surface area contributed by atoms with E-state index in [4.69, 9.17) is 0 Å². The lowest BCUT2D eigenvalue weighted by atomic mass is 10.2. The number of sulfone groups is 1. The predicted octanol–water partition coefficient (Wildman–Crippen LogP) is 1.84. The maximum atomic E-state index is 11.3. The van der Waals surface area contributed by atoms with Crippen molar-refractivity contribution >= 4 is 21.6 Å². The molecule has 0 unspecified atom stereocenters. The summed E-state index contributed by atoms with van der Waals surface area (Å²) in [6.45, 7) is 0. The highest BCUT2D eigenvalue weighted by molar-refractivity contribution is 7.94. The van der Waals surface area contributed by atoms with E-state index in [1.807, 2.05) is 0 Å². The van der Waals surface area contributed by atoms with Crippen LogP contribution in [0.5, 0.6) is 0 Å². The van der Waals surface area contributed by atoms with Crippen molar-refractivity contribution in [2.75, 3.05) is 0 Å². The molecule has 1 aliphatic rings. The Bertz CT molecular complexity index is 502. The third kappa shape index (κ3) is 1.17. The van der Waals surface area contributed by atoms with E-state index >= 15 is 0 Å². The summed E-state index contributed by atoms with van der Waals surface area (Å²) in [5.41, 5.74) is 0.762. The number of nitrogens with zero attached hydrogens (tertiary/aromatic N) is 1. The molecule has 0 aromatic heterocycles. The maximum absolute atomic E-state index is 11.3. The maximum Gasteiger partial charge on any atom is 0.200 e. The van der Waals surface area contributed by atoms with Crippen LogP contribution in [0.15, 0.2) is 33.7 Å². The molecule has 13 heavy (non-hydrogen) atoms. The minimum atomic E-state index is -3.25. The molecule has 1 heterocycles. The lowest BCUT2D eigenvalue weighted by Crippen LogP contribution is -1.92. The summed E-state index contributed by atoms with van der Waals surface area (Å²) >= 11 is 0. The number of hydrogen-bond acceptors (Lipinski definition) is 4. The van der Waals surface area contributed by atoms with Crippen LogP contribution in [-0.2, 0) is 9.84 Å². The van der Waals surface area contributed by atoms with Gasteiger partial charge in [0.15, 0.2) is 9.84 Å². The molecular weight excluding hydrogens is 190 g/mol. The molecule has 0 saturated heterocycles. The zero-order chi connectivity index (χ0) is 9.47. The second kappa shape index (κ2) is 2.50. The Morgan fingerprint density at radius 3 is 2.69 bits per heavy atom. The average molecular weight is 195 g/mol. The molecular formula is C8H5NO3S. The van der Waals surface area contributed by atoms with Gasteiger partial charge in [-0.1, -0.05) is 0 Å². The molecule has 1 aliphatic heterocycles. The lowest BCUT2D eigenvalue weighted by Gasteiger charge is -1.96. The van der Waals surface area contributed by atoms with Crippen LogP contribution in [-0.4, -0.2) is 8.42 Å². The molecule has 1 aromatic rings. The van der Waals surface area contributed by atoms with Gasteiger partial charge in [0.2, 0.25) is 0 Å². The van der Waals surface area contributed by atoms with Crippen molar-refractivity contribution in [2.24, 2.45) is 5.18 Å². The Morgan fingerprint density at radius 2 is 2.00 bits per heavy atom. The lowest BCUT2D eigenvalue weighted by molar-refractivity contribution is 0.605. The van der Waals surface area contributed by atoms with Gasteiger partial charge in [-0.05, 0) is 35.0 Å². The normalized spacial score (nSPS) is 16.9. The number of hydrogen-bond donors (Lipinski definition) is 0. The quantitative estimate of drug-likeness (QED) is 0.642. The summed E-state index contributed by atoms with van der Waals surface area (Å²) in [6, 6.07) is 4.22. The van der Waals surface area contributed by atoms with Crippen molar-refractivity contribution in [3.8, 4) is 0 Å². The van der Waals surface area contributed by atoms with Crippen LogP contribution in [0.4, 0.5) is 5.69 Å². The Hall–Kier alpha value is -1.49. The van der Waals surface area contributed by atoms with Crippen molar-refractivity contribution < 1.29 is 8.42 Å². The molecule has 0 radical (unpaired) electrons. The number of benzene rings is 1. The van der Waals surface area contributed by atoms with Gasteiger partial charge in [-0.3, -0.25) is 0 Å². The van der Waals surface area contributed by atoms with Crippen LogP contribution >= 0.6 is 0 Å². The highest BCUT2D eigenvalue weighted by Crippen LogP contribution is 2.29. The van der Waals surface area contributed by atoms with Crippen molar-refractivity contribution in [3.63, 3.8) is 0 Å². The van der Waals surface area contributed by atoms with E-state index in [2.05, 4.69) is 5.18 Å². The van der Waals surface area contributed by atoms with Crippen molar-refractivity contribution in [1.29, 1.82) is 0 Å². The minimum Gasteiger partial charge on any atom is -0.219 e. The highest BCUT2D eigenvalue weighted by Gasteiger charge is 2.20. The topological polar surface area (TPSA) is 63.6 Å². The third-order valence-corrected chi connectivity index (χ3v) is 3.31. The Balaban J connectivity index is 2.72. The first kappa shape index (κ1) is 8.12. The summed E-state index contributed by atoms with van der Waals surface area (Å²) in [6.07, 6.45) is 1.46. The molecule has 2 rings (SSSR count). The highest BCUT2D eigenvalue weighted by atomic mass is 32.2. The average Bonchev–Trinajstić information content (AvgIpc) is 2.42. The Kier molecular flexibility index (Phi) is 1.56. The zero-order valence-corrected chi connectivity index (χ0v) is 7.28. The molecule has 5 heteroatoms. The summed E-state index contributed by atoms with van der Waals surface area (Å²) in [5.74, 6) is 0. The van der Waals surface area contributed by atoms with E-state index in [0.29, 0.717) is 5.56 Å². The fourth-order valence-corrected chi connectivity index (χ4v) is 2.40. The number of rotatable bonds is 1. The molecule has 0 N–H and O–H groups in total. The van der Waals surface area contributed by atoms with E-state index < -0.39 is 9.84 Å². The summed E-state index contributed by atoms with van der Waals surface area (Å²) < 4.78 is 22.5. The van der Waals surface area contributed by atoms with E-state index in [0.717, 1.165) is 5.41 Å². The molecule has 0 aliphatic carbocycles. The van der Waals surface area contributed by atoms with E-state index in [-0.39, 0.29) is 10.6 Å². The largest absolute Gasteiger partial charge is 0.219 e. The predicted molar refractivity (Wildman–Crippen MR) is 48.1 cm³/mol. The molecule has 0 atom stereocenters. The number of fused-ring (bicyclic) bond motifs is 1. The molecule has 0 bridgehead atoms. The van der Waals surface area contributed by atoms with Gasteiger partial charge in [0.25, 0.3) is 0 Å². The fraction of sp³-hybridized carbons (Fsp3) is 0. The van der Waals surface area contributed by atoms with E-state index in [1.54, 1.807) is 0 Å². The van der Waals surface area contributed by atoms with Crippen LogP contribution in [0.1, 0.15) is 5.56 Å². The molecule has 0 fully saturated rings. The van der Waals surface area contributed by atoms with Crippen LogP contribution in [0.2, 0.25) is 0 Å². The first-order valence-corrected chi connectivity index (χ1v) is 5.09. The van der Waals surface area contributed by atoms with Gasteiger partial charge in [0, 0.05) is 5.41 Å². The Labute approximate surface area is 74.8 Å². The molecule has 0 spiro atoms. The van der Waals surface area contributed by atoms with Gasteiger partial charge >= 0.3 is 0 Å². The third-order valence-electron chi connectivity index (χ3n) is 1.83. The van der Waals surface area contributed by atoms with Gasteiger partial charge in [0.1, 0.15) is 5.69 Å². The first-order chi connectivity index (χ1) is 6.13. The summed E-state index contributed by atoms with van der Waals surface area (Å²) in [4.78, 5) is 10.4. The summed E-state index contributed by atoms with van der Waals surface area (Å²) in [5, 5.41) is 3.83. The van der Waals surface area contributed by atoms with Crippen LogP contribution in [0, 0.1) is 4.91 Å². The minimum absolute atomic E-state index is 0.236. The first-order valence-electron chi connectivity index (χ1n) is 3.54. The zero-order valence-electron chi connectivity index (χ0n) is 6.47. The van der Waals surface area contributed by atoms with Crippen LogP contribution in [0.3, 0.4) is 0 Å². The standard InChI is InChI=1S/C8H5NO3S/c10-9-7-1-2-8-6(5-7)3-4-13(8,11)12/h1-5H. The van der Waals surface area contributed by atoms with E-state index in [1.165, 1.54) is 24.3 Å². The van der Waals surface area contributed by atoms with Gasteiger partial charge in [-0.15, -0.1) is 4.91 Å². The molecule has 66 valence electrons. The second-order valence-electron chi connectivity index (χ2n) is 2.66. The molecule has 0 amide bonds. The summed E-state index contributed by atoms with van der Waals surface area (Å²) in [7, 11) is -3.25. The molecule has 1 aromatic carbocycles. The monoisotopic (exact) mass is 195 g/mol. The molecule has 4 nitrogen and oxygen atoms in total. The molecule has 0 saturated carbocycles. The Morgan fingerprint density at radius 1 is 1.23 bits per heavy atom. The van der Waals surface area contributed by atoms with Gasteiger partial charge in [0.05, 0.1) is 4.90 Å². The van der Waals surface area contributed by atoms with Crippen LogP contribution in [0.25, 0.3) is 6.08 Å². The van der Waals surface area contributed by atoms with Gasteiger partial charge in [-0.25, -0.2) is 8.42 Å². The van der Waals surface area contributed by atoms with Gasteiger partial charge < -0.3 is 0 Å². The fourth-order valence-electron chi connectivity index (χ4n) is 1.22. The van der Waals surface area contributed by atoms with Crippen molar-refractivity contribution in [1.82, 2.24) is 0 Å². The second-order valence-corrected chi connectivity index (χ2v) is 4.46. The van der Waals surface area contributed by atoms with Crippen molar-refractivity contribution in [3.05, 3.63) is 34.1 Å². The smallest absolute Gasteiger partial charge is 0.200 e. The number of nitroso groups, excluding NO2 is 1. The SMILES string of the molecule is O=Nc1ccc2c(c1)C=CS2(=O)=O. The van der Waals surface area contributed by atoms with Crippen molar-refractivity contribution in [2.45, 2.75) is 4.90 Å². The van der Waals surface area contributed by atoms with Crippen LogP contribution < -0.4 is 0 Å². The van der Waals surface area contributed by atoms with Gasteiger partial charge in [-0.2, -0.15) is 0 Å². The van der Waals surface area contributed by atoms with E-state index in [9.17, 15) is 13.3 Å².